The number of nitrogens with zero attached hydrogens (tertiary/aromatic N) is 3. The summed E-state index contributed by atoms with van der Waals surface area (Å²) in [6.45, 7) is 3.42. The van der Waals surface area contributed by atoms with Gasteiger partial charge < -0.3 is 24.7 Å². The molecule has 2 N–H and O–H groups in total. The van der Waals surface area contributed by atoms with Gasteiger partial charge in [-0.2, -0.15) is 0 Å². The van der Waals surface area contributed by atoms with Gasteiger partial charge in [-0.25, -0.2) is 0 Å². The number of ether oxygens (including phenoxy) is 1. The molecule has 0 radical (unpaired) electrons. The molecule has 2 saturated heterocycles. The van der Waals surface area contributed by atoms with E-state index in [1.54, 1.807) is 7.11 Å². The predicted molar refractivity (Wildman–Crippen MR) is 74.7 cm³/mol. The average molecular weight is 295 g/mol. The first-order valence-corrected chi connectivity index (χ1v) is 7.36. The van der Waals surface area contributed by atoms with Gasteiger partial charge in [0.1, 0.15) is 0 Å². The molecule has 116 valence electrons. The summed E-state index contributed by atoms with van der Waals surface area (Å²) in [6.07, 6.45) is 1.91. The van der Waals surface area contributed by atoms with Crippen molar-refractivity contribution in [2.24, 2.45) is 5.92 Å². The lowest BCUT2D eigenvalue weighted by Gasteiger charge is -2.34. The number of fused-ring (bicyclic) bond motifs is 1. The summed E-state index contributed by atoms with van der Waals surface area (Å²) in [5.41, 5.74) is 0. The van der Waals surface area contributed by atoms with Gasteiger partial charge in [-0.05, 0) is 12.8 Å². The molecule has 2 atom stereocenters. The molecule has 1 amide bonds. The first kappa shape index (κ1) is 14.3. The van der Waals surface area contributed by atoms with Crippen LogP contribution in [0, 0.1) is 5.92 Å². The molecule has 0 aromatic carbocycles. The van der Waals surface area contributed by atoms with Crippen LogP contribution in [-0.4, -0.2) is 55.5 Å². The topological polar surface area (TPSA) is 92.5 Å². The summed E-state index contributed by atoms with van der Waals surface area (Å²) < 4.78 is 10.7. The summed E-state index contributed by atoms with van der Waals surface area (Å²) in [7, 11) is 1.66. The van der Waals surface area contributed by atoms with E-state index in [9.17, 15) is 4.79 Å². The van der Waals surface area contributed by atoms with Crippen molar-refractivity contribution in [1.29, 1.82) is 0 Å². The molecule has 8 heteroatoms. The number of carbonyl (C=O) groups is 1. The van der Waals surface area contributed by atoms with Crippen LogP contribution in [0.15, 0.2) is 4.42 Å². The lowest BCUT2D eigenvalue weighted by Crippen LogP contribution is -2.45. The highest BCUT2D eigenvalue weighted by Gasteiger charge is 2.42. The Morgan fingerprint density at radius 3 is 3.29 bits per heavy atom. The number of piperidine rings is 1. The molecular formula is C13H21N5O3. The number of anilines is 1. The first-order valence-electron chi connectivity index (χ1n) is 7.36. The van der Waals surface area contributed by atoms with Crippen LogP contribution in [0.4, 0.5) is 6.01 Å². The highest BCUT2D eigenvalue weighted by Crippen LogP contribution is 2.30. The fourth-order valence-electron chi connectivity index (χ4n) is 2.99. The van der Waals surface area contributed by atoms with E-state index in [2.05, 4.69) is 25.7 Å². The minimum Gasteiger partial charge on any atom is -0.407 e. The number of hydrogen-bond acceptors (Lipinski definition) is 7. The van der Waals surface area contributed by atoms with Crippen molar-refractivity contribution in [2.45, 2.75) is 25.4 Å². The molecular weight excluding hydrogens is 274 g/mol. The van der Waals surface area contributed by atoms with Crippen molar-refractivity contribution in [1.82, 2.24) is 20.8 Å². The Hall–Kier alpha value is -1.67. The molecule has 0 bridgehead atoms. The van der Waals surface area contributed by atoms with Crippen LogP contribution in [-0.2, 0) is 16.1 Å². The van der Waals surface area contributed by atoms with Crippen LogP contribution in [0.5, 0.6) is 0 Å². The van der Waals surface area contributed by atoms with Gasteiger partial charge in [0.2, 0.25) is 11.8 Å². The second-order valence-electron chi connectivity index (χ2n) is 5.40. The maximum Gasteiger partial charge on any atom is 0.318 e. The van der Waals surface area contributed by atoms with Crippen molar-refractivity contribution in [3.05, 3.63) is 5.89 Å². The van der Waals surface area contributed by atoms with Crippen molar-refractivity contribution in [3.63, 3.8) is 0 Å². The minimum atomic E-state index is 0.0499. The smallest absolute Gasteiger partial charge is 0.318 e. The molecule has 3 heterocycles. The van der Waals surface area contributed by atoms with Gasteiger partial charge in [0.15, 0.2) is 0 Å². The second-order valence-corrected chi connectivity index (χ2v) is 5.40. The molecule has 0 aliphatic carbocycles. The molecule has 8 nitrogen and oxygen atoms in total. The highest BCUT2D eigenvalue weighted by atomic mass is 16.5. The predicted octanol–water partition coefficient (Wildman–Crippen LogP) is -0.480. The SMILES string of the molecule is COCCNCc1nnc(N2CCCC3C(=O)NCC32)o1. The van der Waals surface area contributed by atoms with Gasteiger partial charge in [0, 0.05) is 26.7 Å². The number of nitrogens with one attached hydrogen (secondary N) is 2. The van der Waals surface area contributed by atoms with Gasteiger partial charge in [-0.15, -0.1) is 5.10 Å². The van der Waals surface area contributed by atoms with Crippen LogP contribution in [0.3, 0.4) is 0 Å². The van der Waals surface area contributed by atoms with E-state index in [0.29, 0.717) is 31.6 Å². The second kappa shape index (κ2) is 6.40. The van der Waals surface area contributed by atoms with Gasteiger partial charge in [-0.1, -0.05) is 5.10 Å². The van der Waals surface area contributed by atoms with E-state index in [-0.39, 0.29) is 17.9 Å². The third kappa shape index (κ3) is 3.01. The van der Waals surface area contributed by atoms with E-state index >= 15 is 0 Å². The molecule has 2 aliphatic rings. The average Bonchev–Trinajstić information content (AvgIpc) is 3.11. The standard InChI is InChI=1S/C13H21N5O3/c1-20-6-4-14-8-11-16-17-13(21-11)18-5-2-3-9-10(18)7-15-12(9)19/h9-10,14H,2-8H2,1H3,(H,15,19). The fourth-order valence-corrected chi connectivity index (χ4v) is 2.99. The molecule has 2 unspecified atom stereocenters. The van der Waals surface area contributed by atoms with Gasteiger partial charge >= 0.3 is 6.01 Å². The Bertz CT molecular complexity index is 492. The molecule has 1 aromatic rings. The lowest BCUT2D eigenvalue weighted by molar-refractivity contribution is -0.123. The summed E-state index contributed by atoms with van der Waals surface area (Å²) in [5.74, 6) is 0.750. The van der Waals surface area contributed by atoms with E-state index in [0.717, 1.165) is 25.9 Å². The molecule has 0 saturated carbocycles. The Kier molecular flexibility index (Phi) is 4.35. The largest absolute Gasteiger partial charge is 0.407 e. The third-order valence-corrected chi connectivity index (χ3v) is 4.06. The number of amides is 1. The quantitative estimate of drug-likeness (QED) is 0.685. The van der Waals surface area contributed by atoms with Crippen LogP contribution < -0.4 is 15.5 Å². The summed E-state index contributed by atoms with van der Waals surface area (Å²) in [6, 6.07) is 0.658. The van der Waals surface area contributed by atoms with Crippen LogP contribution in [0.25, 0.3) is 0 Å². The first-order chi connectivity index (χ1) is 10.3. The monoisotopic (exact) mass is 295 g/mol. The van der Waals surface area contributed by atoms with Crippen molar-refractivity contribution >= 4 is 11.9 Å². The number of rotatable bonds is 6. The van der Waals surface area contributed by atoms with Crippen molar-refractivity contribution in [3.8, 4) is 0 Å². The molecule has 0 spiro atoms. The van der Waals surface area contributed by atoms with E-state index in [1.807, 2.05) is 0 Å². The fraction of sp³-hybridized carbons (Fsp3) is 0.769. The molecule has 2 aliphatic heterocycles. The van der Waals surface area contributed by atoms with Gasteiger partial charge in [-0.3, -0.25) is 4.79 Å². The maximum absolute atomic E-state index is 11.8. The number of hydrogen-bond donors (Lipinski definition) is 2. The molecule has 3 rings (SSSR count). The Balaban J connectivity index is 1.61. The van der Waals surface area contributed by atoms with Crippen LogP contribution >= 0.6 is 0 Å². The lowest BCUT2D eigenvalue weighted by atomic mass is 9.92. The Morgan fingerprint density at radius 2 is 2.43 bits per heavy atom. The zero-order valence-corrected chi connectivity index (χ0v) is 12.2. The normalized spacial score (nSPS) is 25.0. The molecule has 1 aromatic heterocycles. The summed E-state index contributed by atoms with van der Waals surface area (Å²) in [4.78, 5) is 13.8. The van der Waals surface area contributed by atoms with E-state index < -0.39 is 0 Å². The molecule has 21 heavy (non-hydrogen) atoms. The summed E-state index contributed by atoms with van der Waals surface area (Å²) >= 11 is 0. The highest BCUT2D eigenvalue weighted by molar-refractivity contribution is 5.82. The maximum atomic E-state index is 11.8. The Labute approximate surface area is 123 Å². The zero-order chi connectivity index (χ0) is 14.7. The number of carbonyl (C=O) groups excluding carboxylic acids is 1. The Morgan fingerprint density at radius 1 is 1.52 bits per heavy atom. The minimum absolute atomic E-state index is 0.0499. The van der Waals surface area contributed by atoms with Crippen LogP contribution in [0.1, 0.15) is 18.7 Å². The number of methoxy groups -OCH3 is 1. The van der Waals surface area contributed by atoms with Crippen LogP contribution in [0.2, 0.25) is 0 Å². The number of aromatic nitrogens is 2. The summed E-state index contributed by atoms with van der Waals surface area (Å²) in [5, 5.41) is 14.3. The van der Waals surface area contributed by atoms with Gasteiger partial charge in [0.05, 0.1) is 25.1 Å². The molecule has 2 fully saturated rings. The zero-order valence-electron chi connectivity index (χ0n) is 12.2. The van der Waals surface area contributed by atoms with Crippen molar-refractivity contribution < 1.29 is 13.9 Å². The van der Waals surface area contributed by atoms with E-state index in [4.69, 9.17) is 9.15 Å². The van der Waals surface area contributed by atoms with Crippen molar-refractivity contribution in [2.75, 3.05) is 38.3 Å². The van der Waals surface area contributed by atoms with Gasteiger partial charge in [0.25, 0.3) is 0 Å². The third-order valence-electron chi connectivity index (χ3n) is 4.06. The van der Waals surface area contributed by atoms with E-state index in [1.165, 1.54) is 0 Å².